The predicted octanol–water partition coefficient (Wildman–Crippen LogP) is 4.51. The highest BCUT2D eigenvalue weighted by molar-refractivity contribution is 5.17. The Bertz CT molecular complexity index is 317. The van der Waals surface area contributed by atoms with Crippen molar-refractivity contribution in [3.05, 3.63) is 48.6 Å². The molecule has 1 rings (SSSR count). The molecule has 0 saturated heterocycles. The average molecular weight is 218 g/mol. The predicted molar refractivity (Wildman–Crippen MR) is 69.5 cm³/mol. The lowest BCUT2D eigenvalue weighted by Crippen LogP contribution is -2.28. The van der Waals surface area contributed by atoms with Crippen molar-refractivity contribution in [2.75, 3.05) is 0 Å². The van der Waals surface area contributed by atoms with E-state index in [-0.39, 0.29) is 11.7 Å². The number of rotatable bonds is 6. The van der Waals surface area contributed by atoms with Crippen LogP contribution in [0.5, 0.6) is 0 Å². The van der Waals surface area contributed by atoms with Crippen molar-refractivity contribution >= 4 is 0 Å². The van der Waals surface area contributed by atoms with Gasteiger partial charge in [-0.15, -0.1) is 6.58 Å². The first kappa shape index (κ1) is 13.0. The Morgan fingerprint density at radius 3 is 2.50 bits per heavy atom. The Balaban J connectivity index is 2.69. The summed E-state index contributed by atoms with van der Waals surface area (Å²) < 4.78 is 6.14. The zero-order valence-electron chi connectivity index (χ0n) is 10.6. The Hall–Kier alpha value is -1.08. The molecule has 0 fully saturated rings. The third-order valence-corrected chi connectivity index (χ3v) is 3.05. The first-order valence-corrected chi connectivity index (χ1v) is 5.95. The molecule has 0 aromatic heterocycles. The third-order valence-electron chi connectivity index (χ3n) is 3.05. The maximum absolute atomic E-state index is 6.14. The van der Waals surface area contributed by atoms with Crippen molar-refractivity contribution in [2.24, 2.45) is 0 Å². The van der Waals surface area contributed by atoms with Crippen LogP contribution in [0.3, 0.4) is 0 Å². The molecule has 16 heavy (non-hydrogen) atoms. The molecule has 0 amide bonds. The summed E-state index contributed by atoms with van der Waals surface area (Å²) in [7, 11) is 0. The molecular weight excluding hydrogens is 196 g/mol. The Kier molecular flexibility index (Phi) is 4.75. The molecule has 0 saturated carbocycles. The van der Waals surface area contributed by atoms with Gasteiger partial charge in [-0.25, -0.2) is 0 Å². The molecule has 88 valence electrons. The highest BCUT2D eigenvalue weighted by atomic mass is 16.5. The fraction of sp³-hybridized carbons (Fsp3) is 0.467. The van der Waals surface area contributed by atoms with Gasteiger partial charge in [-0.3, -0.25) is 0 Å². The van der Waals surface area contributed by atoms with Gasteiger partial charge in [-0.05, 0) is 32.3 Å². The summed E-state index contributed by atoms with van der Waals surface area (Å²) in [6.07, 6.45) is 3.95. The standard InChI is InChI=1S/C15H22O/c1-5-12-15(4,6-2)16-13(3)14-10-8-7-9-11-14/h5,7-11,13H,1,6,12H2,2-4H3/t13-,15-/m1/s1. The lowest BCUT2D eigenvalue weighted by Gasteiger charge is -2.31. The second kappa shape index (κ2) is 5.86. The first-order valence-electron chi connectivity index (χ1n) is 5.95. The molecule has 2 atom stereocenters. The molecule has 0 N–H and O–H groups in total. The second-order valence-corrected chi connectivity index (χ2v) is 4.47. The van der Waals surface area contributed by atoms with E-state index in [9.17, 15) is 0 Å². The fourth-order valence-electron chi connectivity index (χ4n) is 1.80. The summed E-state index contributed by atoms with van der Waals surface area (Å²) in [5.41, 5.74) is 1.13. The molecule has 0 unspecified atom stereocenters. The topological polar surface area (TPSA) is 9.23 Å². The van der Waals surface area contributed by atoms with E-state index in [1.54, 1.807) is 0 Å². The van der Waals surface area contributed by atoms with Crippen LogP contribution in [0.15, 0.2) is 43.0 Å². The third kappa shape index (κ3) is 3.49. The van der Waals surface area contributed by atoms with Gasteiger partial charge in [-0.1, -0.05) is 43.3 Å². The smallest absolute Gasteiger partial charge is 0.0804 e. The first-order chi connectivity index (χ1) is 7.61. The highest BCUT2D eigenvalue weighted by Crippen LogP contribution is 2.28. The molecule has 0 aliphatic heterocycles. The quantitative estimate of drug-likeness (QED) is 0.638. The zero-order valence-corrected chi connectivity index (χ0v) is 10.6. The van der Waals surface area contributed by atoms with Crippen LogP contribution in [0.1, 0.15) is 45.3 Å². The summed E-state index contributed by atoms with van der Waals surface area (Å²) in [5.74, 6) is 0. The van der Waals surface area contributed by atoms with Crippen LogP contribution in [-0.4, -0.2) is 5.60 Å². The van der Waals surface area contributed by atoms with E-state index in [4.69, 9.17) is 4.74 Å². The van der Waals surface area contributed by atoms with Gasteiger partial charge >= 0.3 is 0 Å². The summed E-state index contributed by atoms with van der Waals surface area (Å²) >= 11 is 0. The van der Waals surface area contributed by atoms with Crippen LogP contribution < -0.4 is 0 Å². The second-order valence-electron chi connectivity index (χ2n) is 4.47. The monoisotopic (exact) mass is 218 g/mol. The van der Waals surface area contributed by atoms with Crippen LogP contribution in [0.2, 0.25) is 0 Å². The molecule has 1 nitrogen and oxygen atoms in total. The van der Waals surface area contributed by atoms with Gasteiger partial charge in [0.15, 0.2) is 0 Å². The van der Waals surface area contributed by atoms with Crippen LogP contribution in [0.25, 0.3) is 0 Å². The summed E-state index contributed by atoms with van der Waals surface area (Å²) in [6, 6.07) is 10.3. The Morgan fingerprint density at radius 1 is 1.38 bits per heavy atom. The fourth-order valence-corrected chi connectivity index (χ4v) is 1.80. The lowest BCUT2D eigenvalue weighted by molar-refractivity contribution is -0.0777. The van der Waals surface area contributed by atoms with Crippen molar-refractivity contribution in [1.29, 1.82) is 0 Å². The number of ether oxygens (including phenoxy) is 1. The minimum Gasteiger partial charge on any atom is -0.367 e. The molecule has 0 heterocycles. The summed E-state index contributed by atoms with van der Waals surface area (Å²) in [4.78, 5) is 0. The molecule has 0 spiro atoms. The van der Waals surface area contributed by atoms with Crippen molar-refractivity contribution in [1.82, 2.24) is 0 Å². The lowest BCUT2D eigenvalue weighted by atomic mass is 9.98. The maximum Gasteiger partial charge on any atom is 0.0804 e. The molecule has 0 radical (unpaired) electrons. The summed E-state index contributed by atoms with van der Waals surface area (Å²) in [6.45, 7) is 10.2. The van der Waals surface area contributed by atoms with Crippen molar-refractivity contribution < 1.29 is 4.74 Å². The van der Waals surface area contributed by atoms with Gasteiger partial charge in [0.05, 0.1) is 11.7 Å². The van der Waals surface area contributed by atoms with Crippen molar-refractivity contribution in [2.45, 2.75) is 45.3 Å². The van der Waals surface area contributed by atoms with E-state index in [0.717, 1.165) is 12.8 Å². The van der Waals surface area contributed by atoms with Crippen LogP contribution in [0.4, 0.5) is 0 Å². The molecule has 0 bridgehead atoms. The van der Waals surface area contributed by atoms with E-state index in [1.807, 2.05) is 24.3 Å². The van der Waals surface area contributed by atoms with E-state index >= 15 is 0 Å². The Labute approximate surface area is 99.1 Å². The number of hydrogen-bond donors (Lipinski definition) is 0. The molecule has 0 aliphatic carbocycles. The number of hydrogen-bond acceptors (Lipinski definition) is 1. The highest BCUT2D eigenvalue weighted by Gasteiger charge is 2.24. The SMILES string of the molecule is C=CC[C@@](C)(CC)O[C@H](C)c1ccccc1. The van der Waals surface area contributed by atoms with Crippen LogP contribution in [0, 0.1) is 0 Å². The molecule has 1 heteroatoms. The largest absolute Gasteiger partial charge is 0.367 e. The van der Waals surface area contributed by atoms with Gasteiger partial charge in [0.2, 0.25) is 0 Å². The van der Waals surface area contributed by atoms with Gasteiger partial charge in [-0.2, -0.15) is 0 Å². The van der Waals surface area contributed by atoms with Crippen molar-refractivity contribution in [3.8, 4) is 0 Å². The molecule has 1 aromatic rings. The zero-order chi connectivity index (χ0) is 12.0. The average Bonchev–Trinajstić information content (AvgIpc) is 2.30. The van der Waals surface area contributed by atoms with Gasteiger partial charge in [0.25, 0.3) is 0 Å². The molecule has 0 aliphatic rings. The minimum absolute atomic E-state index is 0.100. The van der Waals surface area contributed by atoms with E-state index in [1.165, 1.54) is 5.56 Å². The van der Waals surface area contributed by atoms with Crippen molar-refractivity contribution in [3.63, 3.8) is 0 Å². The molecule has 1 aromatic carbocycles. The van der Waals surface area contributed by atoms with Gasteiger partial charge in [0.1, 0.15) is 0 Å². The van der Waals surface area contributed by atoms with Crippen LogP contribution >= 0.6 is 0 Å². The summed E-state index contributed by atoms with van der Waals surface area (Å²) in [5, 5.41) is 0. The number of benzene rings is 1. The van der Waals surface area contributed by atoms with E-state index < -0.39 is 0 Å². The van der Waals surface area contributed by atoms with Gasteiger partial charge in [0, 0.05) is 0 Å². The van der Waals surface area contributed by atoms with Crippen LogP contribution in [-0.2, 0) is 4.74 Å². The van der Waals surface area contributed by atoms with E-state index in [0.29, 0.717) is 0 Å². The Morgan fingerprint density at radius 2 is 2.00 bits per heavy atom. The minimum atomic E-state index is -0.100. The maximum atomic E-state index is 6.14. The molecular formula is C15H22O. The van der Waals surface area contributed by atoms with E-state index in [2.05, 4.69) is 39.5 Å². The normalized spacial score (nSPS) is 16.4. The van der Waals surface area contributed by atoms with Gasteiger partial charge < -0.3 is 4.74 Å².